The lowest BCUT2D eigenvalue weighted by Gasteiger charge is -2.16. The summed E-state index contributed by atoms with van der Waals surface area (Å²) < 4.78 is 0. The van der Waals surface area contributed by atoms with Crippen LogP contribution in [-0.4, -0.2) is 10.8 Å². The number of hydrogen-bond acceptors (Lipinski definition) is 2. The maximum absolute atomic E-state index is 12.2. The average Bonchev–Trinajstić information content (AvgIpc) is 2.77. The van der Waals surface area contributed by atoms with Gasteiger partial charge >= 0.3 is 0 Å². The molecule has 0 saturated heterocycles. The number of Topliss-reactive ketones (excluding diaryl/α,β-unsaturated/α-hetero) is 1. The van der Waals surface area contributed by atoms with Crippen molar-refractivity contribution in [2.75, 3.05) is 0 Å². The van der Waals surface area contributed by atoms with Crippen LogP contribution in [0.4, 0.5) is 0 Å². The van der Waals surface area contributed by atoms with Gasteiger partial charge in [-0.25, -0.2) is 0 Å². The first-order valence-corrected chi connectivity index (χ1v) is 6.45. The van der Waals surface area contributed by atoms with Crippen LogP contribution < -0.4 is 0 Å². The molecule has 1 aromatic carbocycles. The molecule has 3 heteroatoms. The van der Waals surface area contributed by atoms with E-state index in [1.54, 1.807) is 18.3 Å². The van der Waals surface area contributed by atoms with Gasteiger partial charge in [-0.1, -0.05) is 26.8 Å². The van der Waals surface area contributed by atoms with Gasteiger partial charge in [-0.2, -0.15) is 5.26 Å². The molecule has 0 aliphatic heterocycles. The molecule has 3 nitrogen and oxygen atoms in total. The molecule has 2 aromatic rings. The van der Waals surface area contributed by atoms with E-state index in [4.69, 9.17) is 5.26 Å². The lowest BCUT2D eigenvalue weighted by atomic mass is 9.88. The van der Waals surface area contributed by atoms with Gasteiger partial charge in [-0.3, -0.25) is 4.79 Å². The number of nitrogens with one attached hydrogen (secondary N) is 1. The van der Waals surface area contributed by atoms with E-state index in [1.807, 2.05) is 6.07 Å². The van der Waals surface area contributed by atoms with Crippen molar-refractivity contribution in [3.8, 4) is 6.07 Å². The van der Waals surface area contributed by atoms with Gasteiger partial charge < -0.3 is 4.98 Å². The highest BCUT2D eigenvalue weighted by Crippen LogP contribution is 2.25. The second-order valence-electron chi connectivity index (χ2n) is 6.06. The quantitative estimate of drug-likeness (QED) is 0.840. The molecule has 0 atom stereocenters. The number of H-pyrrole nitrogens is 1. The fraction of sp³-hybridized carbons (Fsp3) is 0.375. The van der Waals surface area contributed by atoms with Crippen molar-refractivity contribution in [2.45, 2.75) is 33.6 Å². The molecule has 1 heterocycles. The monoisotopic (exact) mass is 254 g/mol. The van der Waals surface area contributed by atoms with E-state index in [-0.39, 0.29) is 11.2 Å². The Morgan fingerprint density at radius 2 is 2.11 bits per heavy atom. The highest BCUT2D eigenvalue weighted by Gasteiger charge is 2.16. The molecule has 0 amide bonds. The van der Waals surface area contributed by atoms with Crippen molar-refractivity contribution in [1.82, 2.24) is 4.98 Å². The molecule has 1 N–H and O–H groups in total. The summed E-state index contributed by atoms with van der Waals surface area (Å²) in [6.07, 6.45) is 3.17. The molecule has 0 radical (unpaired) electrons. The second kappa shape index (κ2) is 4.89. The number of nitrogens with zero attached hydrogens (tertiary/aromatic N) is 1. The number of fused-ring (bicyclic) bond motifs is 1. The maximum atomic E-state index is 12.2. The molecule has 0 fully saturated rings. The Morgan fingerprint density at radius 3 is 2.74 bits per heavy atom. The lowest BCUT2D eigenvalue weighted by molar-refractivity contribution is 0.0967. The van der Waals surface area contributed by atoms with E-state index in [1.165, 1.54) is 0 Å². The van der Waals surface area contributed by atoms with Crippen LogP contribution in [0, 0.1) is 16.7 Å². The molecule has 0 bridgehead atoms. The number of carbonyl (C=O) groups excluding carboxylic acids is 1. The Kier molecular flexibility index (Phi) is 3.44. The first-order valence-electron chi connectivity index (χ1n) is 6.45. The van der Waals surface area contributed by atoms with Crippen LogP contribution in [0.2, 0.25) is 0 Å². The first-order chi connectivity index (χ1) is 8.90. The zero-order valence-electron chi connectivity index (χ0n) is 11.6. The van der Waals surface area contributed by atoms with Crippen molar-refractivity contribution in [3.63, 3.8) is 0 Å². The van der Waals surface area contributed by atoms with Gasteiger partial charge in [0, 0.05) is 29.1 Å². The zero-order valence-corrected chi connectivity index (χ0v) is 11.6. The minimum absolute atomic E-state index is 0.158. The van der Waals surface area contributed by atoms with Gasteiger partial charge in [0.1, 0.15) is 0 Å². The highest BCUT2D eigenvalue weighted by molar-refractivity contribution is 6.08. The summed E-state index contributed by atoms with van der Waals surface area (Å²) in [5.74, 6) is 0.158. The molecule has 1 aromatic heterocycles. The SMILES string of the molecule is CC(C)(C)CCC(=O)c1c[nH]c2cc(C#N)ccc12. The van der Waals surface area contributed by atoms with E-state index >= 15 is 0 Å². The number of aromatic nitrogens is 1. The van der Waals surface area contributed by atoms with Crippen molar-refractivity contribution < 1.29 is 4.79 Å². The topological polar surface area (TPSA) is 56.6 Å². The second-order valence-corrected chi connectivity index (χ2v) is 6.06. The third-order valence-electron chi connectivity index (χ3n) is 3.21. The van der Waals surface area contributed by atoms with E-state index in [2.05, 4.69) is 31.8 Å². The smallest absolute Gasteiger partial charge is 0.165 e. The molecule has 0 saturated carbocycles. The van der Waals surface area contributed by atoms with Crippen molar-refractivity contribution >= 4 is 16.7 Å². The molecular weight excluding hydrogens is 236 g/mol. The van der Waals surface area contributed by atoms with E-state index in [9.17, 15) is 4.79 Å². The van der Waals surface area contributed by atoms with Crippen LogP contribution in [0.25, 0.3) is 10.9 Å². The van der Waals surface area contributed by atoms with Crippen LogP contribution in [0.15, 0.2) is 24.4 Å². The number of ketones is 1. The molecule has 0 aliphatic carbocycles. The summed E-state index contributed by atoms with van der Waals surface area (Å²) in [4.78, 5) is 15.3. The Labute approximate surface area is 113 Å². The van der Waals surface area contributed by atoms with E-state index < -0.39 is 0 Å². The maximum Gasteiger partial charge on any atom is 0.165 e. The first kappa shape index (κ1) is 13.4. The molecular formula is C16H18N2O. The molecule has 0 aliphatic rings. The molecule has 0 unspecified atom stereocenters. The van der Waals surface area contributed by atoms with Gasteiger partial charge in [0.25, 0.3) is 0 Å². The molecule has 98 valence electrons. The van der Waals surface area contributed by atoms with E-state index in [0.29, 0.717) is 12.0 Å². The highest BCUT2D eigenvalue weighted by atomic mass is 16.1. The molecule has 2 rings (SSSR count). The Bertz CT molecular complexity index is 653. The molecule has 19 heavy (non-hydrogen) atoms. The van der Waals surface area contributed by atoms with Crippen LogP contribution in [-0.2, 0) is 0 Å². The number of hydrogen-bond donors (Lipinski definition) is 1. The minimum atomic E-state index is 0.158. The van der Waals surface area contributed by atoms with Gasteiger partial charge in [0.15, 0.2) is 5.78 Å². The summed E-state index contributed by atoms with van der Waals surface area (Å²) >= 11 is 0. The minimum Gasteiger partial charge on any atom is -0.360 e. The zero-order chi connectivity index (χ0) is 14.0. The number of aromatic amines is 1. The van der Waals surface area contributed by atoms with Crippen molar-refractivity contribution in [3.05, 3.63) is 35.5 Å². The van der Waals surface area contributed by atoms with Gasteiger partial charge in [0.05, 0.1) is 11.6 Å². The normalized spacial score (nSPS) is 11.5. The van der Waals surface area contributed by atoms with Crippen LogP contribution in [0.5, 0.6) is 0 Å². The third kappa shape index (κ3) is 3.03. The van der Waals surface area contributed by atoms with E-state index in [0.717, 1.165) is 22.9 Å². The van der Waals surface area contributed by atoms with Gasteiger partial charge in [-0.05, 0) is 24.0 Å². The number of carbonyl (C=O) groups is 1. The predicted octanol–water partition coefficient (Wildman–Crippen LogP) is 4.05. The van der Waals surface area contributed by atoms with Crippen LogP contribution in [0.3, 0.4) is 0 Å². The average molecular weight is 254 g/mol. The fourth-order valence-corrected chi connectivity index (χ4v) is 2.05. The summed E-state index contributed by atoms with van der Waals surface area (Å²) in [5, 5.41) is 9.76. The Hall–Kier alpha value is -2.08. The standard InChI is InChI=1S/C16H18N2O/c1-16(2,3)7-6-15(19)13-10-18-14-8-11(9-17)4-5-12(13)14/h4-5,8,10,18H,6-7H2,1-3H3. The largest absolute Gasteiger partial charge is 0.360 e. The lowest BCUT2D eigenvalue weighted by Crippen LogP contribution is -2.08. The van der Waals surface area contributed by atoms with Crippen LogP contribution >= 0.6 is 0 Å². The molecule has 0 spiro atoms. The van der Waals surface area contributed by atoms with Crippen LogP contribution in [0.1, 0.15) is 49.5 Å². The summed E-state index contributed by atoms with van der Waals surface area (Å²) in [6.45, 7) is 6.40. The Morgan fingerprint density at radius 1 is 1.37 bits per heavy atom. The third-order valence-corrected chi connectivity index (χ3v) is 3.21. The summed E-state index contributed by atoms with van der Waals surface area (Å²) in [5.41, 5.74) is 2.33. The predicted molar refractivity (Wildman–Crippen MR) is 76.0 cm³/mol. The number of rotatable bonds is 3. The van der Waals surface area contributed by atoms with Crippen molar-refractivity contribution in [1.29, 1.82) is 5.26 Å². The summed E-state index contributed by atoms with van der Waals surface area (Å²) in [6, 6.07) is 7.46. The number of nitriles is 1. The van der Waals surface area contributed by atoms with Gasteiger partial charge in [-0.15, -0.1) is 0 Å². The Balaban J connectivity index is 2.26. The van der Waals surface area contributed by atoms with Gasteiger partial charge in [0.2, 0.25) is 0 Å². The number of benzene rings is 1. The van der Waals surface area contributed by atoms with Crippen molar-refractivity contribution in [2.24, 2.45) is 5.41 Å². The summed E-state index contributed by atoms with van der Waals surface area (Å²) in [7, 11) is 0. The fourth-order valence-electron chi connectivity index (χ4n) is 2.05.